The van der Waals surface area contributed by atoms with Gasteiger partial charge >= 0.3 is 5.97 Å². The van der Waals surface area contributed by atoms with Gasteiger partial charge in [0.25, 0.3) is 0 Å². The maximum Gasteiger partial charge on any atom is 0.333 e. The molecule has 2 aromatic carbocycles. The van der Waals surface area contributed by atoms with Gasteiger partial charge in [0.1, 0.15) is 0 Å². The van der Waals surface area contributed by atoms with Crippen molar-refractivity contribution in [1.29, 1.82) is 0 Å². The summed E-state index contributed by atoms with van der Waals surface area (Å²) in [4.78, 5) is 10.4. The quantitative estimate of drug-likeness (QED) is 0.606. The predicted molar refractivity (Wildman–Crippen MR) is 83.3 cm³/mol. The summed E-state index contributed by atoms with van der Waals surface area (Å²) in [5.74, 6) is -0.312. The average Bonchev–Trinajstić information content (AvgIpc) is 2.50. The zero-order valence-corrected chi connectivity index (χ0v) is 12.0. The number of benzene rings is 2. The SMILES string of the molecule is C=C(C)C(=O)OCC.c1ccc(-c2ccccc2)cc1. The highest BCUT2D eigenvalue weighted by Gasteiger charge is 1.98. The molecular weight excluding hydrogens is 248 g/mol. The molecule has 0 saturated heterocycles. The van der Waals surface area contributed by atoms with Crippen LogP contribution in [-0.4, -0.2) is 12.6 Å². The summed E-state index contributed by atoms with van der Waals surface area (Å²) < 4.78 is 4.56. The molecule has 0 amide bonds. The van der Waals surface area contributed by atoms with E-state index in [2.05, 4.69) is 59.8 Å². The summed E-state index contributed by atoms with van der Waals surface area (Å²) in [7, 11) is 0. The fourth-order valence-corrected chi connectivity index (χ4v) is 1.52. The van der Waals surface area contributed by atoms with Crippen LogP contribution in [0.3, 0.4) is 0 Å². The Morgan fingerprint density at radius 1 is 0.950 bits per heavy atom. The Morgan fingerprint density at radius 2 is 1.35 bits per heavy atom. The Hall–Kier alpha value is -2.35. The van der Waals surface area contributed by atoms with Crippen LogP contribution < -0.4 is 0 Å². The summed E-state index contributed by atoms with van der Waals surface area (Å²) in [5.41, 5.74) is 3.00. The molecule has 0 atom stereocenters. The first kappa shape index (κ1) is 15.7. The molecule has 20 heavy (non-hydrogen) atoms. The van der Waals surface area contributed by atoms with Gasteiger partial charge in [-0.1, -0.05) is 67.2 Å². The third-order valence-electron chi connectivity index (χ3n) is 2.50. The van der Waals surface area contributed by atoms with Gasteiger partial charge in [-0.15, -0.1) is 0 Å². The van der Waals surface area contributed by atoms with Gasteiger partial charge in [0.2, 0.25) is 0 Å². The second-order valence-electron chi connectivity index (χ2n) is 4.23. The van der Waals surface area contributed by atoms with E-state index in [9.17, 15) is 4.79 Å². The third kappa shape index (κ3) is 5.53. The van der Waals surface area contributed by atoms with E-state index in [0.717, 1.165) is 0 Å². The van der Waals surface area contributed by atoms with Gasteiger partial charge in [-0.2, -0.15) is 0 Å². The number of esters is 1. The van der Waals surface area contributed by atoms with Crippen molar-refractivity contribution in [3.8, 4) is 11.1 Å². The summed E-state index contributed by atoms with van der Waals surface area (Å²) in [6.45, 7) is 7.21. The second-order valence-corrected chi connectivity index (χ2v) is 4.23. The van der Waals surface area contributed by atoms with Gasteiger partial charge in [0.05, 0.1) is 6.61 Å². The summed E-state index contributed by atoms with van der Waals surface area (Å²) in [6.07, 6.45) is 0. The van der Waals surface area contributed by atoms with Crippen LogP contribution in [0.15, 0.2) is 72.8 Å². The molecule has 2 rings (SSSR count). The van der Waals surface area contributed by atoms with E-state index in [4.69, 9.17) is 0 Å². The lowest BCUT2D eigenvalue weighted by molar-refractivity contribution is -0.138. The number of hydrogen-bond donors (Lipinski definition) is 0. The predicted octanol–water partition coefficient (Wildman–Crippen LogP) is 4.48. The van der Waals surface area contributed by atoms with Crippen LogP contribution in [-0.2, 0) is 9.53 Å². The highest BCUT2D eigenvalue weighted by atomic mass is 16.5. The minimum Gasteiger partial charge on any atom is -0.463 e. The summed E-state index contributed by atoms with van der Waals surface area (Å²) >= 11 is 0. The zero-order chi connectivity index (χ0) is 14.8. The van der Waals surface area contributed by atoms with Crippen molar-refractivity contribution in [2.45, 2.75) is 13.8 Å². The fourth-order valence-electron chi connectivity index (χ4n) is 1.52. The zero-order valence-electron chi connectivity index (χ0n) is 12.0. The Labute approximate surface area is 120 Å². The Balaban J connectivity index is 0.000000221. The van der Waals surface area contributed by atoms with Crippen LogP contribution >= 0.6 is 0 Å². The second kappa shape index (κ2) is 8.70. The molecule has 0 aliphatic heterocycles. The van der Waals surface area contributed by atoms with Crippen molar-refractivity contribution in [3.05, 3.63) is 72.8 Å². The monoisotopic (exact) mass is 268 g/mol. The first-order valence-electron chi connectivity index (χ1n) is 6.58. The lowest BCUT2D eigenvalue weighted by Crippen LogP contribution is -2.03. The van der Waals surface area contributed by atoms with E-state index in [1.165, 1.54) is 11.1 Å². The minimum atomic E-state index is -0.312. The molecule has 2 heteroatoms. The van der Waals surface area contributed by atoms with Crippen molar-refractivity contribution in [3.63, 3.8) is 0 Å². The number of ether oxygens (including phenoxy) is 1. The molecule has 2 nitrogen and oxygen atoms in total. The molecule has 0 N–H and O–H groups in total. The lowest BCUT2D eigenvalue weighted by Gasteiger charge is -1.98. The molecular formula is C18H20O2. The van der Waals surface area contributed by atoms with Gasteiger partial charge < -0.3 is 4.74 Å². The van der Waals surface area contributed by atoms with Gasteiger partial charge in [-0.25, -0.2) is 4.79 Å². The molecule has 0 saturated carbocycles. The maximum absolute atomic E-state index is 10.4. The highest BCUT2D eigenvalue weighted by molar-refractivity contribution is 5.86. The molecule has 0 bridgehead atoms. The Kier molecular flexibility index (Phi) is 6.83. The normalized spacial score (nSPS) is 9.10. The summed E-state index contributed by atoms with van der Waals surface area (Å²) in [6, 6.07) is 20.8. The van der Waals surface area contributed by atoms with Gasteiger partial charge in [-0.3, -0.25) is 0 Å². The molecule has 0 unspecified atom stereocenters. The van der Waals surface area contributed by atoms with Crippen molar-refractivity contribution in [2.75, 3.05) is 6.61 Å². The molecule has 0 aliphatic carbocycles. The van der Waals surface area contributed by atoms with E-state index in [0.29, 0.717) is 12.2 Å². The fraction of sp³-hybridized carbons (Fsp3) is 0.167. The topological polar surface area (TPSA) is 26.3 Å². The minimum absolute atomic E-state index is 0.312. The van der Waals surface area contributed by atoms with E-state index in [1.807, 2.05) is 12.1 Å². The maximum atomic E-state index is 10.4. The smallest absolute Gasteiger partial charge is 0.333 e. The van der Waals surface area contributed by atoms with Crippen LogP contribution in [0.25, 0.3) is 11.1 Å². The molecule has 104 valence electrons. The standard InChI is InChI=1S/C12H10.C6H10O2/c1-3-7-11(8-4-1)12-9-5-2-6-10-12;1-4-8-6(7)5(2)3/h1-10H;2,4H2,1,3H3. The van der Waals surface area contributed by atoms with Gasteiger partial charge in [0.15, 0.2) is 0 Å². The molecule has 0 aromatic heterocycles. The van der Waals surface area contributed by atoms with Gasteiger partial charge in [0, 0.05) is 5.57 Å². The van der Waals surface area contributed by atoms with Crippen molar-refractivity contribution >= 4 is 5.97 Å². The van der Waals surface area contributed by atoms with Crippen LogP contribution in [0.1, 0.15) is 13.8 Å². The van der Waals surface area contributed by atoms with E-state index >= 15 is 0 Å². The van der Waals surface area contributed by atoms with Crippen molar-refractivity contribution < 1.29 is 9.53 Å². The number of carbonyl (C=O) groups excluding carboxylic acids is 1. The molecule has 0 fully saturated rings. The Bertz CT molecular complexity index is 492. The first-order chi connectivity index (χ1) is 9.65. The molecule has 0 aliphatic rings. The number of hydrogen-bond acceptors (Lipinski definition) is 2. The summed E-state index contributed by atoms with van der Waals surface area (Å²) in [5, 5.41) is 0. The van der Waals surface area contributed by atoms with Crippen LogP contribution in [0.5, 0.6) is 0 Å². The molecule has 2 aromatic rings. The van der Waals surface area contributed by atoms with E-state index < -0.39 is 0 Å². The lowest BCUT2D eigenvalue weighted by atomic mass is 10.1. The molecule has 0 heterocycles. The number of carbonyl (C=O) groups is 1. The van der Waals surface area contributed by atoms with E-state index in [-0.39, 0.29) is 5.97 Å². The van der Waals surface area contributed by atoms with Crippen molar-refractivity contribution in [2.24, 2.45) is 0 Å². The Morgan fingerprint density at radius 3 is 1.60 bits per heavy atom. The number of rotatable bonds is 3. The molecule has 0 radical (unpaired) electrons. The van der Waals surface area contributed by atoms with Crippen LogP contribution in [0.2, 0.25) is 0 Å². The van der Waals surface area contributed by atoms with E-state index in [1.54, 1.807) is 13.8 Å². The van der Waals surface area contributed by atoms with Gasteiger partial charge in [-0.05, 0) is 25.0 Å². The first-order valence-corrected chi connectivity index (χ1v) is 6.58. The van der Waals surface area contributed by atoms with Crippen molar-refractivity contribution in [1.82, 2.24) is 0 Å². The largest absolute Gasteiger partial charge is 0.463 e. The van der Waals surface area contributed by atoms with Crippen LogP contribution in [0, 0.1) is 0 Å². The highest BCUT2D eigenvalue weighted by Crippen LogP contribution is 2.17. The molecule has 0 spiro atoms. The average molecular weight is 268 g/mol. The van der Waals surface area contributed by atoms with Crippen LogP contribution in [0.4, 0.5) is 0 Å². The third-order valence-corrected chi connectivity index (χ3v) is 2.50.